The van der Waals surface area contributed by atoms with Crippen molar-refractivity contribution in [1.82, 2.24) is 10.3 Å². The summed E-state index contributed by atoms with van der Waals surface area (Å²) in [6.45, 7) is 0. The lowest BCUT2D eigenvalue weighted by molar-refractivity contribution is 0.0978. The Bertz CT molecular complexity index is 1010. The van der Waals surface area contributed by atoms with Gasteiger partial charge in [-0.2, -0.15) is 0 Å². The molecule has 0 radical (unpaired) electrons. The summed E-state index contributed by atoms with van der Waals surface area (Å²) in [5.41, 5.74) is 0.825. The Labute approximate surface area is 172 Å². The number of benzene rings is 2. The molecule has 0 saturated carbocycles. The number of carbonyl (C=O) groups is 1. The summed E-state index contributed by atoms with van der Waals surface area (Å²) in [7, 11) is 0. The quantitative estimate of drug-likeness (QED) is 0.467. The molecule has 2 aromatic carbocycles. The molecule has 0 aliphatic rings. The van der Waals surface area contributed by atoms with Crippen LogP contribution in [0.3, 0.4) is 0 Å². The number of amides is 1. The Kier molecular flexibility index (Phi) is 5.68. The van der Waals surface area contributed by atoms with Crippen LogP contribution in [-0.4, -0.2) is 16.0 Å². The second-order valence-electron chi connectivity index (χ2n) is 4.76. The Morgan fingerprint density at radius 3 is 2.56 bits per heavy atom. The Morgan fingerprint density at radius 2 is 1.84 bits per heavy atom. The Hall–Kier alpha value is -1.15. The van der Waals surface area contributed by atoms with Crippen molar-refractivity contribution in [3.63, 3.8) is 0 Å². The lowest BCUT2D eigenvalue weighted by atomic mass is 10.2. The SMILES string of the molecule is O=C(NC(=S)Nc1nc2c(Cl)c(Cl)ccc2s1)c1ccc(Cl)cc1Cl. The van der Waals surface area contributed by atoms with Gasteiger partial charge in [0.15, 0.2) is 10.2 Å². The van der Waals surface area contributed by atoms with Gasteiger partial charge in [0.2, 0.25) is 0 Å². The van der Waals surface area contributed by atoms with E-state index in [1.54, 1.807) is 12.1 Å². The van der Waals surface area contributed by atoms with Crippen molar-refractivity contribution in [2.24, 2.45) is 0 Å². The van der Waals surface area contributed by atoms with Gasteiger partial charge in [0, 0.05) is 5.02 Å². The molecule has 0 unspecified atom stereocenters. The van der Waals surface area contributed by atoms with Crippen molar-refractivity contribution < 1.29 is 4.79 Å². The topological polar surface area (TPSA) is 54.0 Å². The molecule has 4 nitrogen and oxygen atoms in total. The van der Waals surface area contributed by atoms with Gasteiger partial charge < -0.3 is 5.32 Å². The average molecular weight is 451 g/mol. The van der Waals surface area contributed by atoms with Crippen molar-refractivity contribution in [2.45, 2.75) is 0 Å². The molecule has 0 bridgehead atoms. The van der Waals surface area contributed by atoms with E-state index in [4.69, 9.17) is 58.6 Å². The van der Waals surface area contributed by atoms with Gasteiger partial charge >= 0.3 is 0 Å². The second-order valence-corrected chi connectivity index (χ2v) is 7.83. The fourth-order valence-corrected chi connectivity index (χ4v) is 4.01. The third-order valence-corrected chi connectivity index (χ3v) is 5.56. The number of thiazole rings is 1. The van der Waals surface area contributed by atoms with Gasteiger partial charge in [-0.1, -0.05) is 57.7 Å². The normalized spacial score (nSPS) is 10.7. The zero-order valence-corrected chi connectivity index (χ0v) is 16.7. The minimum atomic E-state index is -0.457. The molecule has 128 valence electrons. The maximum Gasteiger partial charge on any atom is 0.258 e. The molecule has 1 amide bonds. The van der Waals surface area contributed by atoms with Crippen LogP contribution < -0.4 is 10.6 Å². The van der Waals surface area contributed by atoms with Crippen LogP contribution >= 0.6 is 70.0 Å². The minimum absolute atomic E-state index is 0.0808. The molecular formula is C15H7Cl4N3OS2. The van der Waals surface area contributed by atoms with Gasteiger partial charge in [-0.15, -0.1) is 0 Å². The van der Waals surface area contributed by atoms with E-state index in [1.165, 1.54) is 23.5 Å². The van der Waals surface area contributed by atoms with E-state index in [0.29, 0.717) is 25.7 Å². The number of rotatable bonds is 2. The van der Waals surface area contributed by atoms with Crippen LogP contribution in [0, 0.1) is 0 Å². The van der Waals surface area contributed by atoms with Crippen LogP contribution in [0.4, 0.5) is 5.13 Å². The zero-order valence-electron chi connectivity index (χ0n) is 12.1. The first-order chi connectivity index (χ1) is 11.8. The monoisotopic (exact) mass is 449 g/mol. The van der Waals surface area contributed by atoms with Crippen LogP contribution in [0.5, 0.6) is 0 Å². The molecule has 3 aromatic rings. The first-order valence-corrected chi connectivity index (χ1v) is 9.40. The van der Waals surface area contributed by atoms with Gasteiger partial charge in [0.05, 0.1) is 25.3 Å². The summed E-state index contributed by atoms with van der Waals surface area (Å²) in [5, 5.41) is 7.39. The van der Waals surface area contributed by atoms with Gasteiger partial charge in [-0.25, -0.2) is 4.98 Å². The lowest BCUT2D eigenvalue weighted by Crippen LogP contribution is -2.34. The molecule has 10 heteroatoms. The maximum absolute atomic E-state index is 12.2. The fourth-order valence-electron chi connectivity index (χ4n) is 1.96. The molecule has 1 heterocycles. The van der Waals surface area contributed by atoms with Crippen LogP contribution in [0.1, 0.15) is 10.4 Å². The highest BCUT2D eigenvalue weighted by Crippen LogP contribution is 2.35. The van der Waals surface area contributed by atoms with Crippen LogP contribution in [-0.2, 0) is 0 Å². The zero-order chi connectivity index (χ0) is 18.1. The van der Waals surface area contributed by atoms with Gasteiger partial charge in [-0.3, -0.25) is 10.1 Å². The summed E-state index contributed by atoms with van der Waals surface area (Å²) in [6, 6.07) is 8.06. The van der Waals surface area contributed by atoms with E-state index in [1.807, 2.05) is 6.07 Å². The van der Waals surface area contributed by atoms with Gasteiger partial charge in [-0.05, 0) is 42.5 Å². The van der Waals surface area contributed by atoms with Crippen LogP contribution in [0.15, 0.2) is 30.3 Å². The summed E-state index contributed by atoms with van der Waals surface area (Å²) in [4.78, 5) is 16.6. The lowest BCUT2D eigenvalue weighted by Gasteiger charge is -2.08. The number of fused-ring (bicyclic) bond motifs is 1. The van der Waals surface area contributed by atoms with Gasteiger partial charge in [0.25, 0.3) is 5.91 Å². The molecule has 3 rings (SSSR count). The number of halogens is 4. The highest BCUT2D eigenvalue weighted by Gasteiger charge is 2.14. The largest absolute Gasteiger partial charge is 0.308 e. The predicted molar refractivity (Wildman–Crippen MR) is 110 cm³/mol. The number of nitrogens with one attached hydrogen (secondary N) is 2. The van der Waals surface area contributed by atoms with Crippen LogP contribution in [0.2, 0.25) is 20.1 Å². The molecule has 25 heavy (non-hydrogen) atoms. The number of anilines is 1. The summed E-state index contributed by atoms with van der Waals surface area (Å²) >= 11 is 30.4. The molecule has 2 N–H and O–H groups in total. The highest BCUT2D eigenvalue weighted by molar-refractivity contribution is 7.80. The molecular weight excluding hydrogens is 444 g/mol. The number of aromatic nitrogens is 1. The Morgan fingerprint density at radius 1 is 1.08 bits per heavy atom. The summed E-state index contributed by atoms with van der Waals surface area (Å²) < 4.78 is 0.840. The van der Waals surface area contributed by atoms with Crippen molar-refractivity contribution in [2.75, 3.05) is 5.32 Å². The number of nitrogens with zero attached hydrogens (tertiary/aromatic N) is 1. The van der Waals surface area contributed by atoms with E-state index in [0.717, 1.165) is 4.70 Å². The molecule has 0 aliphatic carbocycles. The minimum Gasteiger partial charge on any atom is -0.308 e. The third kappa shape index (κ3) is 4.16. The van der Waals surface area contributed by atoms with Crippen molar-refractivity contribution in [3.05, 3.63) is 56.0 Å². The molecule has 0 atom stereocenters. The fraction of sp³-hybridized carbons (Fsp3) is 0. The third-order valence-electron chi connectivity index (χ3n) is 3.08. The van der Waals surface area contributed by atoms with Crippen molar-refractivity contribution in [3.8, 4) is 0 Å². The van der Waals surface area contributed by atoms with E-state index in [9.17, 15) is 4.79 Å². The first kappa shape index (κ1) is 18.6. The summed E-state index contributed by atoms with van der Waals surface area (Å²) in [6.07, 6.45) is 0. The summed E-state index contributed by atoms with van der Waals surface area (Å²) in [5.74, 6) is -0.457. The maximum atomic E-state index is 12.2. The Balaban J connectivity index is 1.74. The van der Waals surface area contributed by atoms with Crippen molar-refractivity contribution >= 4 is 96.3 Å². The van der Waals surface area contributed by atoms with E-state index in [-0.39, 0.29) is 15.7 Å². The molecule has 0 fully saturated rings. The smallest absolute Gasteiger partial charge is 0.258 e. The molecule has 0 aliphatic heterocycles. The van der Waals surface area contributed by atoms with Crippen molar-refractivity contribution in [1.29, 1.82) is 0 Å². The molecule has 1 aromatic heterocycles. The van der Waals surface area contributed by atoms with E-state index in [2.05, 4.69) is 15.6 Å². The average Bonchev–Trinajstić information content (AvgIpc) is 2.94. The van der Waals surface area contributed by atoms with Gasteiger partial charge in [0.1, 0.15) is 5.52 Å². The number of carbonyl (C=O) groups excluding carboxylic acids is 1. The predicted octanol–water partition coefficient (Wildman–Crippen LogP) is 6.04. The number of hydrogen-bond donors (Lipinski definition) is 2. The van der Waals surface area contributed by atoms with E-state index >= 15 is 0 Å². The standard InChI is InChI=1S/C15H7Cl4N3OS2/c16-6-1-2-7(9(18)5-6)13(23)21-14(24)22-15-20-12-10(25-15)4-3-8(17)11(12)19/h1-5H,(H2,20,21,22,23,24). The van der Waals surface area contributed by atoms with Crippen LogP contribution in [0.25, 0.3) is 10.2 Å². The molecule has 0 saturated heterocycles. The van der Waals surface area contributed by atoms with E-state index < -0.39 is 5.91 Å². The second kappa shape index (κ2) is 7.61. The number of thiocarbonyl (C=S) groups is 1. The highest BCUT2D eigenvalue weighted by atomic mass is 35.5. The molecule has 0 spiro atoms. The number of hydrogen-bond acceptors (Lipinski definition) is 4. The first-order valence-electron chi connectivity index (χ1n) is 6.67.